The van der Waals surface area contributed by atoms with E-state index in [4.69, 9.17) is 0 Å². The van der Waals surface area contributed by atoms with Crippen molar-refractivity contribution in [3.63, 3.8) is 0 Å². The minimum absolute atomic E-state index is 0.117. The average molecular weight is 464 g/mol. The lowest BCUT2D eigenvalue weighted by molar-refractivity contribution is -0.114. The highest BCUT2D eigenvalue weighted by Gasteiger charge is 2.23. The first-order valence-electron chi connectivity index (χ1n) is 11.1. The quantitative estimate of drug-likeness (QED) is 0.530. The maximum absolute atomic E-state index is 13.1. The topological polar surface area (TPSA) is 72.3 Å². The van der Waals surface area contributed by atoms with Crippen LogP contribution in [0.4, 0.5) is 5.69 Å². The van der Waals surface area contributed by atoms with Crippen LogP contribution in [-0.4, -0.2) is 36.9 Å². The van der Waals surface area contributed by atoms with Crippen molar-refractivity contribution in [2.45, 2.75) is 45.1 Å². The van der Waals surface area contributed by atoms with Crippen molar-refractivity contribution in [3.05, 3.63) is 82.2 Å². The Bertz CT molecular complexity index is 1340. The first-order valence-corrected chi connectivity index (χ1v) is 12.9. The molecule has 2 aromatic carbocycles. The Morgan fingerprint density at radius 2 is 1.82 bits per heavy atom. The molecule has 0 saturated carbocycles. The zero-order valence-electron chi connectivity index (χ0n) is 19.5. The minimum atomic E-state index is -3.28. The van der Waals surface area contributed by atoms with E-state index in [0.717, 1.165) is 41.0 Å². The van der Waals surface area contributed by atoms with Crippen molar-refractivity contribution in [1.82, 2.24) is 9.78 Å². The van der Waals surface area contributed by atoms with Crippen LogP contribution in [0.25, 0.3) is 6.08 Å². The Hall–Kier alpha value is -3.19. The van der Waals surface area contributed by atoms with Gasteiger partial charge in [0.15, 0.2) is 9.84 Å². The minimum Gasteiger partial charge on any atom is -0.309 e. The number of hydrogen-bond acceptors (Lipinski definition) is 4. The van der Waals surface area contributed by atoms with Gasteiger partial charge >= 0.3 is 0 Å². The van der Waals surface area contributed by atoms with Gasteiger partial charge in [-0.1, -0.05) is 29.8 Å². The van der Waals surface area contributed by atoms with Gasteiger partial charge in [0.05, 0.1) is 17.1 Å². The van der Waals surface area contributed by atoms with E-state index in [0.29, 0.717) is 18.0 Å². The summed E-state index contributed by atoms with van der Waals surface area (Å²) in [4.78, 5) is 15.1. The van der Waals surface area contributed by atoms with Crippen molar-refractivity contribution in [3.8, 4) is 0 Å². The highest BCUT2D eigenvalue weighted by Crippen LogP contribution is 2.30. The van der Waals surface area contributed by atoms with Crippen LogP contribution in [0.5, 0.6) is 0 Å². The molecule has 1 amide bonds. The van der Waals surface area contributed by atoms with Gasteiger partial charge in [0, 0.05) is 35.8 Å². The Labute approximate surface area is 195 Å². The smallest absolute Gasteiger partial charge is 0.250 e. The Morgan fingerprint density at radius 1 is 1.09 bits per heavy atom. The van der Waals surface area contributed by atoms with E-state index >= 15 is 0 Å². The third-order valence-electron chi connectivity index (χ3n) is 6.15. The van der Waals surface area contributed by atoms with Gasteiger partial charge in [-0.2, -0.15) is 5.10 Å². The molecule has 172 valence electrons. The molecule has 1 aromatic heterocycles. The molecule has 0 spiro atoms. The van der Waals surface area contributed by atoms with Crippen LogP contribution in [0.3, 0.4) is 0 Å². The molecule has 0 unspecified atom stereocenters. The van der Waals surface area contributed by atoms with E-state index < -0.39 is 9.84 Å². The molecule has 0 aliphatic carbocycles. The van der Waals surface area contributed by atoms with Gasteiger partial charge in [-0.15, -0.1) is 0 Å². The van der Waals surface area contributed by atoms with Crippen LogP contribution >= 0.6 is 0 Å². The SMILES string of the molecule is Cc1ccc(Cn2nc(C)c(/C=C/C(=O)N3CCCc4cc(S(C)(=O)=O)ccc43)c2C)cc1. The fraction of sp³-hybridized carbons (Fsp3) is 0.308. The maximum Gasteiger partial charge on any atom is 0.250 e. The van der Waals surface area contributed by atoms with Crippen molar-refractivity contribution >= 4 is 27.5 Å². The molecular formula is C26H29N3O3S. The summed E-state index contributed by atoms with van der Waals surface area (Å²) in [5, 5.41) is 4.67. The molecule has 7 heteroatoms. The Kier molecular flexibility index (Phi) is 6.26. The third kappa shape index (κ3) is 4.93. The number of amides is 1. The predicted octanol–water partition coefficient (Wildman–Crippen LogP) is 4.25. The molecule has 1 aliphatic heterocycles. The van der Waals surface area contributed by atoms with Gasteiger partial charge in [0.1, 0.15) is 0 Å². The summed E-state index contributed by atoms with van der Waals surface area (Å²) in [6, 6.07) is 13.4. The third-order valence-corrected chi connectivity index (χ3v) is 7.26. The molecular weight excluding hydrogens is 434 g/mol. The molecule has 0 bridgehead atoms. The first kappa shape index (κ1) is 23.0. The number of rotatable bonds is 5. The molecule has 3 aromatic rings. The molecule has 0 radical (unpaired) electrons. The average Bonchev–Trinajstić information content (AvgIpc) is 3.04. The van der Waals surface area contributed by atoms with Crippen molar-refractivity contribution in [2.24, 2.45) is 0 Å². The highest BCUT2D eigenvalue weighted by atomic mass is 32.2. The molecule has 33 heavy (non-hydrogen) atoms. The molecule has 0 fully saturated rings. The molecule has 0 N–H and O–H groups in total. The van der Waals surface area contributed by atoms with Crippen LogP contribution in [-0.2, 0) is 27.6 Å². The maximum atomic E-state index is 13.1. The van der Waals surface area contributed by atoms with Crippen LogP contribution in [0.1, 0.15) is 40.1 Å². The molecule has 4 rings (SSSR count). The van der Waals surface area contributed by atoms with E-state index in [1.165, 1.54) is 17.4 Å². The number of carbonyl (C=O) groups is 1. The highest BCUT2D eigenvalue weighted by molar-refractivity contribution is 7.90. The van der Waals surface area contributed by atoms with Gasteiger partial charge in [0.2, 0.25) is 0 Å². The second-order valence-corrected chi connectivity index (χ2v) is 10.7. The molecule has 0 atom stereocenters. The first-order chi connectivity index (χ1) is 15.6. The summed E-state index contributed by atoms with van der Waals surface area (Å²) in [6.07, 6.45) is 6.19. The van der Waals surface area contributed by atoms with Crippen LogP contribution in [0, 0.1) is 20.8 Å². The summed E-state index contributed by atoms with van der Waals surface area (Å²) in [5.41, 5.74) is 6.91. The monoisotopic (exact) mass is 463 g/mol. The summed E-state index contributed by atoms with van der Waals surface area (Å²) in [6.45, 7) is 7.32. The lowest BCUT2D eigenvalue weighted by Crippen LogP contribution is -2.34. The number of hydrogen-bond donors (Lipinski definition) is 0. The lowest BCUT2D eigenvalue weighted by Gasteiger charge is -2.29. The van der Waals surface area contributed by atoms with Gasteiger partial charge in [-0.3, -0.25) is 9.48 Å². The molecule has 6 nitrogen and oxygen atoms in total. The fourth-order valence-corrected chi connectivity index (χ4v) is 4.92. The number of benzene rings is 2. The Balaban J connectivity index is 1.55. The van der Waals surface area contributed by atoms with Gasteiger partial charge < -0.3 is 4.90 Å². The van der Waals surface area contributed by atoms with Crippen molar-refractivity contribution in [1.29, 1.82) is 0 Å². The van der Waals surface area contributed by atoms with E-state index in [9.17, 15) is 13.2 Å². The number of carbonyl (C=O) groups excluding carboxylic acids is 1. The van der Waals surface area contributed by atoms with Crippen LogP contribution in [0.2, 0.25) is 0 Å². The summed E-state index contributed by atoms with van der Waals surface area (Å²) >= 11 is 0. The van der Waals surface area contributed by atoms with Gasteiger partial charge in [0.25, 0.3) is 5.91 Å². The normalized spacial score (nSPS) is 14.0. The lowest BCUT2D eigenvalue weighted by atomic mass is 10.0. The number of fused-ring (bicyclic) bond motifs is 1. The standard InChI is InChI=1S/C26H29N3O3S/c1-18-7-9-21(10-8-18)17-29-20(3)24(19(2)27-29)12-14-26(30)28-15-5-6-22-16-23(33(4,31)32)11-13-25(22)28/h7-14,16H,5-6,15,17H2,1-4H3/b14-12+. The number of sulfone groups is 1. The van der Waals surface area contributed by atoms with Gasteiger partial charge in [-0.25, -0.2) is 8.42 Å². The number of nitrogens with zero attached hydrogens (tertiary/aromatic N) is 3. The second-order valence-electron chi connectivity index (χ2n) is 8.72. The predicted molar refractivity (Wildman–Crippen MR) is 131 cm³/mol. The van der Waals surface area contributed by atoms with E-state index in [1.807, 2.05) is 24.6 Å². The largest absolute Gasteiger partial charge is 0.309 e. The Morgan fingerprint density at radius 3 is 2.52 bits per heavy atom. The van der Waals surface area contributed by atoms with Gasteiger partial charge in [-0.05, 0) is 69.0 Å². The van der Waals surface area contributed by atoms with Crippen molar-refractivity contribution < 1.29 is 13.2 Å². The zero-order chi connectivity index (χ0) is 23.8. The van der Waals surface area contributed by atoms with E-state index in [1.54, 1.807) is 29.2 Å². The van der Waals surface area contributed by atoms with Crippen LogP contribution < -0.4 is 4.90 Å². The molecule has 1 aliphatic rings. The zero-order valence-corrected chi connectivity index (χ0v) is 20.3. The van der Waals surface area contributed by atoms with Crippen molar-refractivity contribution in [2.75, 3.05) is 17.7 Å². The molecule has 0 saturated heterocycles. The van der Waals surface area contributed by atoms with E-state index in [2.05, 4.69) is 36.3 Å². The van der Waals surface area contributed by atoms with E-state index in [-0.39, 0.29) is 5.91 Å². The summed E-state index contributed by atoms with van der Waals surface area (Å²) in [5.74, 6) is -0.117. The summed E-state index contributed by atoms with van der Waals surface area (Å²) < 4.78 is 25.7. The number of anilines is 1. The second kappa shape index (κ2) is 8.98. The fourth-order valence-electron chi connectivity index (χ4n) is 4.25. The van der Waals surface area contributed by atoms with Crippen LogP contribution in [0.15, 0.2) is 53.4 Å². The molecule has 2 heterocycles. The number of aromatic nitrogens is 2. The summed E-state index contributed by atoms with van der Waals surface area (Å²) in [7, 11) is -3.28. The number of aryl methyl sites for hydroxylation is 3.